The van der Waals surface area contributed by atoms with Crippen LogP contribution in [0, 0.1) is 6.92 Å². The number of benzene rings is 3. The molecule has 6 nitrogen and oxygen atoms in total. The Kier molecular flexibility index (Phi) is 6.51. The zero-order valence-electron chi connectivity index (χ0n) is 23.2. The summed E-state index contributed by atoms with van der Waals surface area (Å²) >= 11 is 0. The lowest BCUT2D eigenvalue weighted by Crippen LogP contribution is -2.28. The maximum atomic E-state index is 12.8. The second-order valence-electron chi connectivity index (χ2n) is 11.4. The minimum absolute atomic E-state index is 0.617. The van der Waals surface area contributed by atoms with Gasteiger partial charge in [-0.25, -0.2) is 4.79 Å². The summed E-state index contributed by atoms with van der Waals surface area (Å²) in [5.41, 5.74) is 7.27. The Morgan fingerprint density at radius 2 is 1.88 bits per heavy atom. The van der Waals surface area contributed by atoms with E-state index in [9.17, 15) is 9.90 Å². The van der Waals surface area contributed by atoms with Crippen LogP contribution in [0.5, 0.6) is 5.75 Å². The van der Waals surface area contributed by atoms with Crippen LogP contribution in [-0.4, -0.2) is 33.3 Å². The first-order valence-electron chi connectivity index (χ1n) is 13.6. The minimum atomic E-state index is -1.18. The summed E-state index contributed by atoms with van der Waals surface area (Å²) in [5.74, 6) is -0.234. The van der Waals surface area contributed by atoms with E-state index in [1.165, 1.54) is 11.1 Å². The number of aromatic nitrogens is 2. The van der Waals surface area contributed by atoms with Crippen LogP contribution in [0.2, 0.25) is 0 Å². The van der Waals surface area contributed by atoms with Crippen molar-refractivity contribution in [1.82, 2.24) is 9.97 Å². The second kappa shape index (κ2) is 10.0. The minimum Gasteiger partial charge on any atom is -0.493 e. The molecule has 0 saturated carbocycles. The molecule has 0 bridgehead atoms. The molecule has 1 atom stereocenters. The van der Waals surface area contributed by atoms with Crippen molar-refractivity contribution < 1.29 is 19.4 Å². The van der Waals surface area contributed by atoms with E-state index >= 15 is 0 Å². The molecule has 6 rings (SSSR count). The number of nitrogens with zero attached hydrogens (tertiary/aromatic N) is 2. The molecule has 0 spiro atoms. The number of aliphatic carboxylic acids is 1. The zero-order chi connectivity index (χ0) is 28.0. The van der Waals surface area contributed by atoms with Gasteiger partial charge >= 0.3 is 5.97 Å². The summed E-state index contributed by atoms with van der Waals surface area (Å²) in [5, 5.41) is 12.3. The fraction of sp³-hybridized carbons (Fsp3) is 0.265. The van der Waals surface area contributed by atoms with Crippen molar-refractivity contribution in [2.75, 3.05) is 6.61 Å². The number of pyridine rings is 2. The molecule has 0 radical (unpaired) electrons. The Bertz CT molecular complexity index is 1750. The lowest BCUT2D eigenvalue weighted by atomic mass is 9.86. The highest BCUT2D eigenvalue weighted by Gasteiger charge is 2.33. The molecule has 0 aliphatic carbocycles. The molecule has 40 heavy (non-hydrogen) atoms. The highest BCUT2D eigenvalue weighted by molar-refractivity contribution is 6.08. The van der Waals surface area contributed by atoms with Gasteiger partial charge in [0.25, 0.3) is 0 Å². The lowest BCUT2D eigenvalue weighted by Gasteiger charge is -2.29. The normalized spacial score (nSPS) is 13.8. The van der Waals surface area contributed by atoms with Gasteiger partial charge < -0.3 is 14.6 Å². The Hall–Kier alpha value is -4.29. The van der Waals surface area contributed by atoms with Crippen LogP contribution in [0.1, 0.15) is 54.8 Å². The fourth-order valence-corrected chi connectivity index (χ4v) is 5.68. The van der Waals surface area contributed by atoms with E-state index in [-0.39, 0.29) is 0 Å². The molecule has 0 amide bonds. The largest absolute Gasteiger partial charge is 0.493 e. The van der Waals surface area contributed by atoms with Gasteiger partial charge in [-0.15, -0.1) is 0 Å². The first-order chi connectivity index (χ1) is 19.2. The number of carbonyl (C=O) groups is 1. The quantitative estimate of drug-likeness (QED) is 0.249. The molecule has 1 aliphatic heterocycles. The smallest absolute Gasteiger partial charge is 0.337 e. The summed E-state index contributed by atoms with van der Waals surface area (Å²) in [7, 11) is 0. The van der Waals surface area contributed by atoms with Gasteiger partial charge in [0.05, 0.1) is 23.2 Å². The summed E-state index contributed by atoms with van der Waals surface area (Å²) in [6, 6.07) is 22.3. The molecule has 3 heterocycles. The van der Waals surface area contributed by atoms with Crippen molar-refractivity contribution in [1.29, 1.82) is 0 Å². The summed E-state index contributed by atoms with van der Waals surface area (Å²) in [6.07, 6.45) is 2.15. The number of carboxylic acid groups (broad SMARTS) is 1. The predicted octanol–water partition coefficient (Wildman–Crippen LogP) is 7.22. The average Bonchev–Trinajstić information content (AvgIpc) is 2.92. The van der Waals surface area contributed by atoms with E-state index in [0.717, 1.165) is 56.4 Å². The number of fused-ring (bicyclic) bond motifs is 1. The number of rotatable bonds is 6. The number of hydrogen-bond acceptors (Lipinski definition) is 5. The third-order valence-electron chi connectivity index (χ3n) is 7.32. The van der Waals surface area contributed by atoms with E-state index in [1.807, 2.05) is 82.4 Å². The topological polar surface area (TPSA) is 81.5 Å². The molecule has 0 saturated heterocycles. The van der Waals surface area contributed by atoms with Crippen molar-refractivity contribution in [3.63, 3.8) is 0 Å². The van der Waals surface area contributed by atoms with Gasteiger partial charge in [0.2, 0.25) is 0 Å². The molecule has 0 fully saturated rings. The third kappa shape index (κ3) is 4.80. The molecule has 1 N–H and O–H groups in total. The molecule has 6 heteroatoms. The Labute approximate surface area is 233 Å². The average molecular weight is 533 g/mol. The van der Waals surface area contributed by atoms with E-state index in [0.29, 0.717) is 18.6 Å². The van der Waals surface area contributed by atoms with Crippen LogP contribution < -0.4 is 4.74 Å². The maximum absolute atomic E-state index is 12.8. The summed E-state index contributed by atoms with van der Waals surface area (Å²) in [6.45, 7) is 8.18. The molecule has 1 unspecified atom stereocenters. The monoisotopic (exact) mass is 532 g/mol. The van der Waals surface area contributed by atoms with Crippen LogP contribution in [0.4, 0.5) is 0 Å². The number of hydrogen-bond donors (Lipinski definition) is 1. The number of carboxylic acids is 1. The Morgan fingerprint density at radius 3 is 2.62 bits per heavy atom. The number of ether oxygens (including phenoxy) is 2. The van der Waals surface area contributed by atoms with Crippen LogP contribution in [0.25, 0.3) is 32.9 Å². The maximum Gasteiger partial charge on any atom is 0.337 e. The zero-order valence-corrected chi connectivity index (χ0v) is 23.2. The van der Waals surface area contributed by atoms with Gasteiger partial charge in [0, 0.05) is 46.6 Å². The first kappa shape index (κ1) is 26.0. The fourth-order valence-electron chi connectivity index (χ4n) is 5.68. The Morgan fingerprint density at radius 1 is 1.07 bits per heavy atom. The van der Waals surface area contributed by atoms with E-state index in [1.54, 1.807) is 0 Å². The molecule has 202 valence electrons. The van der Waals surface area contributed by atoms with Gasteiger partial charge in [-0.05, 0) is 80.3 Å². The predicted molar refractivity (Wildman–Crippen MR) is 157 cm³/mol. The number of aryl methyl sites for hydroxylation is 1. The second-order valence-corrected chi connectivity index (χ2v) is 11.4. The molecule has 2 aromatic heterocycles. The van der Waals surface area contributed by atoms with Crippen LogP contribution in [0.3, 0.4) is 0 Å². The molecular formula is C34H32N2O4. The standard InChI is InChI=1S/C34H32N2O4/c1-20-18-26-24(11-10-23(36-26)19-21-8-6-5-7-9-21)30(28(20)32(33(37)38)40-34(2,3)4)25-12-13-27-29-22(15-17-39-27)14-16-35-31(25)29/h5-14,16,18,32H,15,17,19H2,1-4H3,(H,37,38). The van der Waals surface area contributed by atoms with Gasteiger partial charge in [-0.2, -0.15) is 0 Å². The van der Waals surface area contributed by atoms with Crippen LogP contribution >= 0.6 is 0 Å². The van der Waals surface area contributed by atoms with Crippen molar-refractivity contribution in [3.05, 3.63) is 101 Å². The lowest BCUT2D eigenvalue weighted by molar-refractivity contribution is -0.160. The molecule has 3 aromatic carbocycles. The van der Waals surface area contributed by atoms with Gasteiger partial charge in [-0.3, -0.25) is 9.97 Å². The van der Waals surface area contributed by atoms with E-state index in [4.69, 9.17) is 19.4 Å². The molecule has 1 aliphatic rings. The molecule has 5 aromatic rings. The SMILES string of the molecule is Cc1cc2nc(Cc3ccccc3)ccc2c(-c2ccc3c4c(ccnc24)CCO3)c1C(OC(C)(C)C)C(=O)O. The highest BCUT2D eigenvalue weighted by Crippen LogP contribution is 2.44. The third-order valence-corrected chi connectivity index (χ3v) is 7.32. The Balaban J connectivity index is 1.64. The first-order valence-corrected chi connectivity index (χ1v) is 13.6. The molecular weight excluding hydrogens is 500 g/mol. The summed E-state index contributed by atoms with van der Waals surface area (Å²) < 4.78 is 12.2. The van der Waals surface area contributed by atoms with Crippen molar-refractivity contribution in [2.24, 2.45) is 0 Å². The van der Waals surface area contributed by atoms with Gasteiger partial charge in [0.15, 0.2) is 6.10 Å². The van der Waals surface area contributed by atoms with Crippen molar-refractivity contribution >= 4 is 27.8 Å². The van der Waals surface area contributed by atoms with Crippen molar-refractivity contribution in [2.45, 2.75) is 52.2 Å². The van der Waals surface area contributed by atoms with Gasteiger partial charge in [0.1, 0.15) is 5.75 Å². The summed E-state index contributed by atoms with van der Waals surface area (Å²) in [4.78, 5) is 22.6. The van der Waals surface area contributed by atoms with Crippen LogP contribution in [0.15, 0.2) is 72.9 Å². The van der Waals surface area contributed by atoms with Crippen LogP contribution in [-0.2, 0) is 22.4 Å². The van der Waals surface area contributed by atoms with E-state index < -0.39 is 17.7 Å². The van der Waals surface area contributed by atoms with Crippen molar-refractivity contribution in [3.8, 4) is 16.9 Å². The highest BCUT2D eigenvalue weighted by atomic mass is 16.5. The van der Waals surface area contributed by atoms with E-state index in [2.05, 4.69) is 18.2 Å². The van der Waals surface area contributed by atoms with Gasteiger partial charge in [-0.1, -0.05) is 36.4 Å².